The molecular weight excluding hydrogens is 1000 g/mol. The Balaban J connectivity index is 0.908. The fourth-order valence-corrected chi connectivity index (χ4v) is 14.5. The summed E-state index contributed by atoms with van der Waals surface area (Å²) >= 11 is 7.80. The Morgan fingerprint density at radius 2 is 1.46 bits per heavy atom. The first-order chi connectivity index (χ1) is 34.5. The van der Waals surface area contributed by atoms with Gasteiger partial charge in [0.1, 0.15) is 4.90 Å². The van der Waals surface area contributed by atoms with Gasteiger partial charge < -0.3 is 34.2 Å². The van der Waals surface area contributed by atoms with Crippen molar-refractivity contribution >= 4 is 68.8 Å². The molecule has 2 atom stereocenters. The summed E-state index contributed by atoms with van der Waals surface area (Å²) in [7, 11) is -9.99. The number of alkyl halides is 3. The smallest absolute Gasteiger partial charge is 0.393 e. The number of sulfone groups is 1. The van der Waals surface area contributed by atoms with E-state index in [9.17, 15) is 31.3 Å². The second-order valence-electron chi connectivity index (χ2n) is 19.0. The van der Waals surface area contributed by atoms with E-state index >= 15 is 0 Å². The Bertz CT molecular complexity index is 2980. The summed E-state index contributed by atoms with van der Waals surface area (Å²) in [5, 5.41) is 13.7. The van der Waals surface area contributed by atoms with Crippen LogP contribution in [0.1, 0.15) is 44.8 Å². The average molecular weight is 1060 g/mol. The lowest BCUT2D eigenvalue weighted by molar-refractivity contribution is -0.0435. The van der Waals surface area contributed by atoms with Crippen molar-refractivity contribution < 1.29 is 35.8 Å². The Kier molecular flexibility index (Phi) is 15.8. The molecule has 3 fully saturated rings. The number of nitrogens with one attached hydrogen (secondary N) is 1. The van der Waals surface area contributed by atoms with E-state index in [2.05, 4.69) is 87.8 Å². The van der Waals surface area contributed by atoms with Gasteiger partial charge in [-0.2, -0.15) is 13.2 Å². The van der Waals surface area contributed by atoms with Crippen molar-refractivity contribution in [2.45, 2.75) is 73.5 Å². The third-order valence-electron chi connectivity index (χ3n) is 13.9. The molecule has 3 aliphatic rings. The second kappa shape index (κ2) is 21.9. The number of anilines is 4. The maximum Gasteiger partial charge on any atom is 0.501 e. The number of piperazine rings is 1. The third kappa shape index (κ3) is 11.3. The highest BCUT2D eigenvalue weighted by Crippen LogP contribution is 2.56. The molecular formula is C54H61ClF3N6O5PS2. The Morgan fingerprint density at radius 3 is 2.12 bits per heavy atom. The first kappa shape index (κ1) is 52.0. The minimum atomic E-state index is -5.91. The van der Waals surface area contributed by atoms with Gasteiger partial charge in [0.2, 0.25) is 0 Å². The van der Waals surface area contributed by atoms with Crippen molar-refractivity contribution in [1.82, 2.24) is 9.47 Å². The molecule has 5 aromatic carbocycles. The van der Waals surface area contributed by atoms with Crippen LogP contribution >= 0.6 is 30.9 Å². The molecule has 0 bridgehead atoms. The molecule has 3 aliphatic heterocycles. The van der Waals surface area contributed by atoms with Gasteiger partial charge in [0.05, 0.1) is 35.9 Å². The first-order valence-corrected chi connectivity index (χ1v) is 28.9. The first-order valence-electron chi connectivity index (χ1n) is 24.5. The van der Waals surface area contributed by atoms with Crippen LogP contribution < -0.4 is 25.1 Å². The van der Waals surface area contributed by atoms with Gasteiger partial charge >= 0.3 is 13.0 Å². The second-order valence-corrected chi connectivity index (χ2v) is 24.7. The van der Waals surface area contributed by atoms with Crippen LogP contribution in [0.15, 0.2) is 137 Å². The van der Waals surface area contributed by atoms with E-state index in [1.807, 2.05) is 66.7 Å². The number of aryl methyl sites for hydroxylation is 1. The van der Waals surface area contributed by atoms with E-state index in [0.717, 1.165) is 70.9 Å². The standard InChI is InChI=1S/C54H61ClF3N6O5PS2/c1-38(2)64-39(3)34-50(53(64)40-12-14-42(55)15-13-40)41-8-7-9-46(35-41)62-30-28-61(29-31-62)44-16-18-45(19-17-44)63-32-33-69-70(63,66)48-20-21-51(52(36-48)72(67,68)54(56,57)58)59-43(37-71-49-10-5-4-6-11-49)22-25-60-26-23-47(65)24-27-60/h4-21,34-36,38,43,47,59,65H,22-33,37H2,1-3H3/t43-,70-/m1/s1. The Morgan fingerprint density at radius 1 is 0.792 bits per heavy atom. The molecule has 0 amide bonds. The molecule has 0 aliphatic carbocycles. The molecule has 18 heteroatoms. The number of halogens is 4. The molecule has 6 aromatic rings. The van der Waals surface area contributed by atoms with Crippen LogP contribution in [0.4, 0.5) is 35.9 Å². The van der Waals surface area contributed by atoms with E-state index < -0.39 is 33.8 Å². The Hall–Kier alpha value is -4.93. The molecule has 1 aromatic heterocycles. The van der Waals surface area contributed by atoms with Gasteiger partial charge in [-0.1, -0.05) is 54.1 Å². The highest BCUT2D eigenvalue weighted by atomic mass is 35.5. The number of aromatic nitrogens is 1. The van der Waals surface area contributed by atoms with E-state index in [1.165, 1.54) is 34.3 Å². The SMILES string of the molecule is Cc1cc(-c2cccc(N3CCN(c4ccc(N5CCO[P@]5(=O)c5ccc(N[C@H](CCN6CCC(O)CC6)CSc6ccccc6)c(S(=O)(=O)C(F)(F)F)c5)cc4)CC3)c2)c(-c2ccc(Cl)cc2)n1C(C)C. The zero-order valence-corrected chi connectivity index (χ0v) is 43.9. The van der Waals surface area contributed by atoms with E-state index in [1.54, 1.807) is 0 Å². The number of aliphatic hydroxyl groups is 1. The molecule has 9 rings (SSSR count). The van der Waals surface area contributed by atoms with Crippen LogP contribution in [0, 0.1) is 6.92 Å². The number of nitrogens with zero attached hydrogens (tertiary/aromatic N) is 5. The van der Waals surface area contributed by atoms with Gasteiger partial charge in [0.25, 0.3) is 9.84 Å². The fourth-order valence-electron chi connectivity index (χ4n) is 10.1. The molecule has 72 heavy (non-hydrogen) atoms. The number of rotatable bonds is 16. The van der Waals surface area contributed by atoms with Crippen LogP contribution in [-0.4, -0.2) is 105 Å². The van der Waals surface area contributed by atoms with Crippen molar-refractivity contribution in [3.8, 4) is 22.4 Å². The van der Waals surface area contributed by atoms with Gasteiger partial charge in [-0.15, -0.1) is 11.8 Å². The van der Waals surface area contributed by atoms with Gasteiger partial charge in [-0.3, -0.25) is 9.24 Å². The largest absolute Gasteiger partial charge is 0.501 e. The summed E-state index contributed by atoms with van der Waals surface area (Å²) in [5.41, 5.74) is 2.55. The van der Waals surface area contributed by atoms with Gasteiger partial charge in [0.15, 0.2) is 0 Å². The summed E-state index contributed by atoms with van der Waals surface area (Å²) in [5.74, 6) is 0.434. The zero-order valence-electron chi connectivity index (χ0n) is 40.6. The number of piperidine rings is 1. The molecule has 0 radical (unpaired) electrons. The molecule has 0 saturated carbocycles. The number of hydrogen-bond donors (Lipinski definition) is 2. The van der Waals surface area contributed by atoms with Gasteiger partial charge in [-0.05, 0) is 136 Å². The topological polar surface area (TPSA) is 111 Å². The van der Waals surface area contributed by atoms with Crippen LogP contribution in [0.3, 0.4) is 0 Å². The van der Waals surface area contributed by atoms with Crippen molar-refractivity contribution in [2.75, 3.05) is 84.5 Å². The lowest BCUT2D eigenvalue weighted by atomic mass is 10.00. The monoisotopic (exact) mass is 1060 g/mol. The molecule has 0 unspecified atom stereocenters. The summed E-state index contributed by atoms with van der Waals surface area (Å²) in [6, 6.07) is 39.5. The van der Waals surface area contributed by atoms with E-state index in [0.29, 0.717) is 55.4 Å². The fraction of sp³-hybridized carbons (Fsp3) is 0.370. The molecule has 11 nitrogen and oxygen atoms in total. The average Bonchev–Trinajstić information content (AvgIpc) is 3.96. The van der Waals surface area contributed by atoms with Gasteiger partial charge in [-0.25, -0.2) is 8.42 Å². The number of hydrogen-bond acceptors (Lipinski definition) is 10. The summed E-state index contributed by atoms with van der Waals surface area (Å²) in [4.78, 5) is 6.84. The van der Waals surface area contributed by atoms with Crippen molar-refractivity contribution in [1.29, 1.82) is 0 Å². The summed E-state index contributed by atoms with van der Waals surface area (Å²) in [6.07, 6.45) is 1.41. The summed E-state index contributed by atoms with van der Waals surface area (Å²) in [6.45, 7) is 11.8. The van der Waals surface area contributed by atoms with E-state index in [-0.39, 0.29) is 36.3 Å². The van der Waals surface area contributed by atoms with Crippen molar-refractivity contribution in [3.63, 3.8) is 0 Å². The molecule has 0 spiro atoms. The maximum atomic E-state index is 14.9. The quantitative estimate of drug-likeness (QED) is 0.0714. The lowest BCUT2D eigenvalue weighted by Gasteiger charge is -2.37. The predicted molar refractivity (Wildman–Crippen MR) is 287 cm³/mol. The zero-order chi connectivity index (χ0) is 50.8. The number of aliphatic hydroxyl groups excluding tert-OH is 1. The van der Waals surface area contributed by atoms with Crippen molar-refractivity contribution in [2.24, 2.45) is 0 Å². The minimum Gasteiger partial charge on any atom is -0.393 e. The molecule has 3 saturated heterocycles. The maximum absolute atomic E-state index is 14.9. The van der Waals surface area contributed by atoms with Crippen LogP contribution in [-0.2, 0) is 18.9 Å². The van der Waals surface area contributed by atoms with Crippen LogP contribution in [0.2, 0.25) is 5.02 Å². The third-order valence-corrected chi connectivity index (χ3v) is 19.3. The van der Waals surface area contributed by atoms with Gasteiger partial charge in [0, 0.05) is 102 Å². The number of benzene rings is 5. The van der Waals surface area contributed by atoms with E-state index in [4.69, 9.17) is 16.1 Å². The molecule has 2 N–H and O–H groups in total. The highest BCUT2D eigenvalue weighted by molar-refractivity contribution is 7.99. The predicted octanol–water partition coefficient (Wildman–Crippen LogP) is 11.8. The normalized spacial score (nSPS) is 18.8. The number of thioether (sulfide) groups is 1. The minimum absolute atomic E-state index is 0.0292. The van der Waals surface area contributed by atoms with Crippen molar-refractivity contribution in [3.05, 3.63) is 138 Å². The Labute approximate surface area is 430 Å². The lowest BCUT2D eigenvalue weighted by Crippen LogP contribution is -2.46. The summed E-state index contributed by atoms with van der Waals surface area (Å²) < 4.78 is 95.0. The number of likely N-dealkylation sites (tertiary alicyclic amines) is 1. The molecule has 4 heterocycles. The van der Waals surface area contributed by atoms with Crippen LogP contribution in [0.25, 0.3) is 22.4 Å². The molecule has 382 valence electrons. The van der Waals surface area contributed by atoms with Crippen LogP contribution in [0.5, 0.6) is 0 Å². The highest BCUT2D eigenvalue weighted by Gasteiger charge is 2.49.